The zero-order valence-corrected chi connectivity index (χ0v) is 10.6. The second-order valence-electron chi connectivity index (χ2n) is 0.500. The second-order valence-corrected chi connectivity index (χ2v) is 1.50. The van der Waals surface area contributed by atoms with Gasteiger partial charge in [-0.2, -0.15) is 0 Å². The van der Waals surface area contributed by atoms with Crippen LogP contribution in [-0.4, -0.2) is 102 Å². The van der Waals surface area contributed by atoms with Crippen molar-refractivity contribution in [2.45, 2.75) is 0 Å². The molecule has 6 nitrogen and oxygen atoms in total. The van der Waals surface area contributed by atoms with Gasteiger partial charge in [-0.25, -0.2) is 0 Å². The average Bonchev–Trinajstić information content (AvgIpc) is 1.25. The minimum absolute atomic E-state index is 0. The van der Waals surface area contributed by atoms with Crippen LogP contribution in [0.5, 0.6) is 0 Å². The molecule has 11 heavy (non-hydrogen) atoms. The molecule has 0 saturated heterocycles. The molecule has 0 aliphatic carbocycles. The molecule has 0 aliphatic rings. The van der Waals surface area contributed by atoms with Gasteiger partial charge in [0.05, 0.1) is 0 Å². The van der Waals surface area contributed by atoms with Gasteiger partial charge < -0.3 is 28.1 Å². The van der Waals surface area contributed by atoms with Crippen molar-refractivity contribution in [3.05, 3.63) is 0 Å². The average molecular weight is 350 g/mol. The predicted octanol–water partition coefficient (Wildman–Crippen LogP) is -8.50. The molecule has 0 amide bonds. The third-order valence-electron chi connectivity index (χ3n) is 0. The molecule has 62 valence electrons. The summed E-state index contributed by atoms with van der Waals surface area (Å²) < 4.78 is 17.0. The number of hydrogen-bond acceptors (Lipinski definition) is 6. The fraction of sp³-hybridized carbons (Fsp3) is 0. The smallest absolute Gasteiger partial charge is 0.187 e. The molecule has 0 aromatic carbocycles. The van der Waals surface area contributed by atoms with Crippen molar-refractivity contribution < 1.29 is 28.1 Å². The minimum Gasteiger partial charge on any atom is -0.672 e. The molecular weight excluding hydrogens is 343 g/mol. The van der Waals surface area contributed by atoms with Crippen LogP contribution in [0.25, 0.3) is 0 Å². The Morgan fingerprint density at radius 2 is 0.727 bits per heavy atom. The van der Waals surface area contributed by atoms with Gasteiger partial charge in [0, 0.05) is 67.2 Å². The molecule has 0 aliphatic heterocycles. The molecule has 0 atom stereocenters. The first-order chi connectivity index (χ1) is 3.46. The topological polar surface area (TPSA) is 126 Å². The molecule has 0 aromatic heterocycles. The van der Waals surface area contributed by atoms with E-state index in [4.69, 9.17) is 28.1 Å². The van der Waals surface area contributed by atoms with E-state index in [1.807, 2.05) is 0 Å². The van der Waals surface area contributed by atoms with Crippen LogP contribution in [0, 0.1) is 0 Å². The maximum atomic E-state index is 8.52. The van der Waals surface area contributed by atoms with Crippen molar-refractivity contribution in [2.75, 3.05) is 0 Å². The fourth-order valence-corrected chi connectivity index (χ4v) is 0. The van der Waals surface area contributed by atoms with E-state index in [1.165, 1.54) is 0 Å². The Morgan fingerprint density at radius 3 is 0.727 bits per heavy atom. The summed E-state index contributed by atoms with van der Waals surface area (Å²) >= 11 is 0. The maximum absolute atomic E-state index is 8.52. The Hall–Kier alpha value is 1.87. The van der Waals surface area contributed by atoms with E-state index in [9.17, 15) is 0 Å². The van der Waals surface area contributed by atoms with Gasteiger partial charge in [-0.15, -0.1) is 0 Å². The zero-order chi connectivity index (χ0) is 7.15. The van der Waals surface area contributed by atoms with E-state index in [0.29, 0.717) is 0 Å². The summed E-state index contributed by atoms with van der Waals surface area (Å²) in [4.78, 5) is 34.1. The first kappa shape index (κ1) is 29.3. The number of hydrogen-bond donors (Lipinski definition) is 0. The van der Waals surface area contributed by atoms with Gasteiger partial charge in [-0.3, -0.25) is 0 Å². The van der Waals surface area contributed by atoms with Crippen LogP contribution in [0.3, 0.4) is 0 Å². The summed E-state index contributed by atoms with van der Waals surface area (Å²) in [5.41, 5.74) is 0. The SMILES string of the molecule is O=[Si]([O-])[O-].O=[Si]([O-])[O-].[AlH3].[AlH3].[Ba]. The van der Waals surface area contributed by atoms with Crippen LogP contribution in [0.1, 0.15) is 0 Å². The van der Waals surface area contributed by atoms with Crippen molar-refractivity contribution in [1.29, 1.82) is 0 Å². The quantitative estimate of drug-likeness (QED) is 0.400. The molecule has 0 N–H and O–H groups in total. The van der Waals surface area contributed by atoms with E-state index in [2.05, 4.69) is 0 Å². The van der Waals surface area contributed by atoms with Gasteiger partial charge in [-0.1, -0.05) is 0 Å². The molecule has 0 spiro atoms. The van der Waals surface area contributed by atoms with Gasteiger partial charge >= 0.3 is 0 Å². The fourth-order valence-electron chi connectivity index (χ4n) is 0. The van der Waals surface area contributed by atoms with Gasteiger partial charge in [0.15, 0.2) is 34.7 Å². The van der Waals surface area contributed by atoms with Crippen LogP contribution in [-0.2, 0) is 8.92 Å². The maximum Gasteiger partial charge on any atom is 0.187 e. The Kier molecular flexibility index (Phi) is 60.3. The summed E-state index contributed by atoms with van der Waals surface area (Å²) in [5.74, 6) is 0. The summed E-state index contributed by atoms with van der Waals surface area (Å²) in [6.07, 6.45) is 0. The standard InChI is InChI=1S/2Al.Ba.2O3Si.6H/c;;;2*1-4(2)3;;;;;;/q;;;2*-2;;;;;;. The zero-order valence-electron chi connectivity index (χ0n) is 4.16. The van der Waals surface area contributed by atoms with Crippen LogP contribution < -0.4 is 19.2 Å². The predicted molar refractivity (Wildman–Crippen MR) is 38.5 cm³/mol. The minimum atomic E-state index is -3.63. The van der Waals surface area contributed by atoms with Crippen LogP contribution >= 0.6 is 0 Å². The van der Waals surface area contributed by atoms with Crippen molar-refractivity contribution in [3.63, 3.8) is 0 Å². The number of rotatable bonds is 0. The molecule has 2 radical (unpaired) electrons. The molecule has 0 unspecified atom stereocenters. The third-order valence-corrected chi connectivity index (χ3v) is 0. The van der Waals surface area contributed by atoms with E-state index in [0.717, 1.165) is 0 Å². The van der Waals surface area contributed by atoms with Gasteiger partial charge in [0.25, 0.3) is 0 Å². The molecule has 0 rings (SSSR count). The van der Waals surface area contributed by atoms with Gasteiger partial charge in [0.2, 0.25) is 0 Å². The summed E-state index contributed by atoms with van der Waals surface area (Å²) in [5, 5.41) is 0. The third kappa shape index (κ3) is 331. The Morgan fingerprint density at radius 1 is 0.727 bits per heavy atom. The van der Waals surface area contributed by atoms with E-state index in [-0.39, 0.29) is 83.6 Å². The normalized spacial score (nSPS) is 4.36. The van der Waals surface area contributed by atoms with Crippen molar-refractivity contribution >= 4 is 102 Å². The summed E-state index contributed by atoms with van der Waals surface area (Å²) in [6.45, 7) is 0. The Labute approximate surface area is 128 Å². The van der Waals surface area contributed by atoms with E-state index < -0.39 is 18.3 Å². The molecule has 0 bridgehead atoms. The van der Waals surface area contributed by atoms with Crippen LogP contribution in [0.2, 0.25) is 0 Å². The van der Waals surface area contributed by atoms with Crippen LogP contribution in [0.4, 0.5) is 0 Å². The van der Waals surface area contributed by atoms with Crippen molar-refractivity contribution in [2.24, 2.45) is 0 Å². The Balaban J connectivity index is -0.0000000171. The summed E-state index contributed by atoms with van der Waals surface area (Å²) in [6, 6.07) is 0. The molecule has 0 fully saturated rings. The van der Waals surface area contributed by atoms with Crippen molar-refractivity contribution in [1.82, 2.24) is 0 Å². The van der Waals surface area contributed by atoms with E-state index >= 15 is 0 Å². The monoisotopic (exact) mass is 350 g/mol. The van der Waals surface area contributed by atoms with Gasteiger partial charge in [0.1, 0.15) is 0 Å². The first-order valence-corrected chi connectivity index (χ1v) is 3.67. The Bertz CT molecular complexity index is 76.6. The molecule has 0 saturated carbocycles. The molecular formula is H6Al2BaO6Si2-4. The van der Waals surface area contributed by atoms with Crippen LogP contribution in [0.15, 0.2) is 0 Å². The van der Waals surface area contributed by atoms with Gasteiger partial charge in [-0.05, 0) is 0 Å². The van der Waals surface area contributed by atoms with Crippen molar-refractivity contribution in [3.8, 4) is 0 Å². The molecule has 0 heterocycles. The molecule has 11 heteroatoms. The second kappa shape index (κ2) is 22.6. The largest absolute Gasteiger partial charge is 0.672 e. The first-order valence-electron chi connectivity index (χ1n) is 1.22. The molecule has 0 aromatic rings. The van der Waals surface area contributed by atoms with E-state index in [1.54, 1.807) is 0 Å². The summed E-state index contributed by atoms with van der Waals surface area (Å²) in [7, 11) is -7.26.